The van der Waals surface area contributed by atoms with Gasteiger partial charge in [-0.25, -0.2) is 0 Å². The second-order valence-corrected chi connectivity index (χ2v) is 4.89. The Kier molecular flexibility index (Phi) is 5.22. The van der Waals surface area contributed by atoms with Gasteiger partial charge in [0, 0.05) is 19.7 Å². The van der Waals surface area contributed by atoms with Crippen LogP contribution in [0, 0.1) is 11.8 Å². The van der Waals surface area contributed by atoms with Crippen molar-refractivity contribution in [2.75, 3.05) is 19.7 Å². The van der Waals surface area contributed by atoms with Gasteiger partial charge in [0.1, 0.15) is 0 Å². The number of hydrogen-bond donors (Lipinski definition) is 2. The summed E-state index contributed by atoms with van der Waals surface area (Å²) >= 11 is 0. The van der Waals surface area contributed by atoms with Gasteiger partial charge in [-0.1, -0.05) is 20.3 Å². The van der Waals surface area contributed by atoms with Crippen molar-refractivity contribution in [2.45, 2.75) is 39.2 Å². The minimum atomic E-state index is -0.387. The summed E-state index contributed by atoms with van der Waals surface area (Å²) < 4.78 is 0. The third-order valence-corrected chi connectivity index (χ3v) is 3.63. The fraction of sp³-hybridized carbons (Fsp3) is 0.917. The van der Waals surface area contributed by atoms with Gasteiger partial charge in [0.25, 0.3) is 0 Å². The molecule has 4 nitrogen and oxygen atoms in total. The van der Waals surface area contributed by atoms with Gasteiger partial charge in [0.15, 0.2) is 0 Å². The van der Waals surface area contributed by atoms with Crippen LogP contribution in [-0.2, 0) is 4.79 Å². The van der Waals surface area contributed by atoms with Crippen molar-refractivity contribution in [2.24, 2.45) is 17.6 Å². The van der Waals surface area contributed by atoms with Crippen molar-refractivity contribution in [1.82, 2.24) is 4.90 Å². The molecule has 1 unspecified atom stereocenters. The van der Waals surface area contributed by atoms with E-state index < -0.39 is 0 Å². The Hall–Kier alpha value is -0.610. The number of aliphatic hydroxyl groups is 1. The Morgan fingerprint density at radius 1 is 1.62 bits per heavy atom. The average Bonchev–Trinajstić information content (AvgIpc) is 2.36. The third-order valence-electron chi connectivity index (χ3n) is 3.63. The Bertz CT molecular complexity index is 233. The smallest absolute Gasteiger partial charge is 0.239 e. The van der Waals surface area contributed by atoms with E-state index in [1.54, 1.807) is 0 Å². The highest BCUT2D eigenvalue weighted by Gasteiger charge is 2.28. The maximum atomic E-state index is 12.1. The first-order valence-electron chi connectivity index (χ1n) is 6.25. The lowest BCUT2D eigenvalue weighted by molar-refractivity contribution is -0.135. The topological polar surface area (TPSA) is 66.6 Å². The summed E-state index contributed by atoms with van der Waals surface area (Å²) in [6.07, 6.45) is 2.91. The maximum Gasteiger partial charge on any atom is 0.239 e. The van der Waals surface area contributed by atoms with Crippen LogP contribution in [0.2, 0.25) is 0 Å². The number of piperidine rings is 1. The second-order valence-electron chi connectivity index (χ2n) is 4.89. The van der Waals surface area contributed by atoms with Gasteiger partial charge in [-0.3, -0.25) is 4.79 Å². The maximum absolute atomic E-state index is 12.1. The second kappa shape index (κ2) is 6.21. The fourth-order valence-corrected chi connectivity index (χ4v) is 2.12. The van der Waals surface area contributed by atoms with Crippen LogP contribution >= 0.6 is 0 Å². The Morgan fingerprint density at radius 3 is 2.88 bits per heavy atom. The van der Waals surface area contributed by atoms with Crippen molar-refractivity contribution in [3.05, 3.63) is 0 Å². The number of carbonyl (C=O) groups excluding carboxylic acids is 1. The quantitative estimate of drug-likeness (QED) is 0.740. The molecular formula is C12H24N2O2. The van der Waals surface area contributed by atoms with Gasteiger partial charge in [-0.2, -0.15) is 0 Å². The number of hydrogen-bond acceptors (Lipinski definition) is 3. The van der Waals surface area contributed by atoms with E-state index >= 15 is 0 Å². The highest BCUT2D eigenvalue weighted by Crippen LogP contribution is 2.18. The number of likely N-dealkylation sites (tertiary alicyclic amines) is 1. The molecule has 1 amide bonds. The zero-order chi connectivity index (χ0) is 12.1. The largest absolute Gasteiger partial charge is 0.396 e. The standard InChI is InChI=1S/C12H24N2O2/c1-3-9(2)11(13)12(16)14-6-4-5-10(7-14)8-15/h9-11,15H,3-8,13H2,1-2H3/t9-,10?,11-/m0/s1. The number of aliphatic hydroxyl groups excluding tert-OH is 1. The summed E-state index contributed by atoms with van der Waals surface area (Å²) in [5.41, 5.74) is 5.94. The molecule has 0 spiro atoms. The number of carbonyl (C=O) groups is 1. The summed E-state index contributed by atoms with van der Waals surface area (Å²) in [6.45, 7) is 5.68. The third kappa shape index (κ3) is 3.19. The van der Waals surface area contributed by atoms with Crippen LogP contribution in [0.4, 0.5) is 0 Å². The summed E-state index contributed by atoms with van der Waals surface area (Å²) in [6, 6.07) is -0.387. The van der Waals surface area contributed by atoms with Gasteiger partial charge in [0.05, 0.1) is 6.04 Å². The van der Waals surface area contributed by atoms with Crippen molar-refractivity contribution in [1.29, 1.82) is 0 Å². The predicted molar refractivity (Wildman–Crippen MR) is 63.8 cm³/mol. The van der Waals surface area contributed by atoms with Gasteiger partial charge in [-0.15, -0.1) is 0 Å². The normalized spacial score (nSPS) is 25.2. The van der Waals surface area contributed by atoms with Crippen LogP contribution in [0.25, 0.3) is 0 Å². The fourth-order valence-electron chi connectivity index (χ4n) is 2.12. The molecule has 94 valence electrons. The molecular weight excluding hydrogens is 204 g/mol. The molecule has 4 heteroatoms. The van der Waals surface area contributed by atoms with Crippen LogP contribution < -0.4 is 5.73 Å². The van der Waals surface area contributed by atoms with Crippen molar-refractivity contribution in [3.8, 4) is 0 Å². The van der Waals surface area contributed by atoms with E-state index in [2.05, 4.69) is 0 Å². The zero-order valence-corrected chi connectivity index (χ0v) is 10.4. The minimum absolute atomic E-state index is 0.0486. The van der Waals surface area contributed by atoms with Crippen molar-refractivity contribution < 1.29 is 9.90 Å². The predicted octanol–water partition coefficient (Wildman–Crippen LogP) is 0.591. The summed E-state index contributed by atoms with van der Waals surface area (Å²) in [5, 5.41) is 9.12. The molecule has 0 aromatic carbocycles. The van der Waals surface area contributed by atoms with Crippen LogP contribution in [0.15, 0.2) is 0 Å². The first-order valence-corrected chi connectivity index (χ1v) is 6.25. The van der Waals surface area contributed by atoms with E-state index in [9.17, 15) is 4.79 Å². The van der Waals surface area contributed by atoms with Gasteiger partial charge in [-0.05, 0) is 24.7 Å². The van der Waals surface area contributed by atoms with E-state index in [1.165, 1.54) is 0 Å². The SMILES string of the molecule is CC[C@H](C)[C@H](N)C(=O)N1CCCC(CO)C1. The number of nitrogens with two attached hydrogens (primary N) is 1. The highest BCUT2D eigenvalue weighted by atomic mass is 16.3. The molecule has 1 fully saturated rings. The molecule has 1 rings (SSSR count). The molecule has 0 radical (unpaired) electrons. The summed E-state index contributed by atoms with van der Waals surface area (Å²) in [5.74, 6) is 0.510. The van der Waals surface area contributed by atoms with Crippen LogP contribution in [0.1, 0.15) is 33.1 Å². The lowest BCUT2D eigenvalue weighted by Crippen LogP contribution is -2.50. The Labute approximate surface area is 97.8 Å². The number of amides is 1. The molecule has 0 aromatic heterocycles. The van der Waals surface area contributed by atoms with Crippen LogP contribution in [-0.4, -0.2) is 41.7 Å². The monoisotopic (exact) mass is 228 g/mol. The molecule has 1 aliphatic heterocycles. The molecule has 3 N–H and O–H groups in total. The molecule has 3 atom stereocenters. The molecule has 0 aromatic rings. The lowest BCUT2D eigenvalue weighted by atomic mass is 9.95. The molecule has 16 heavy (non-hydrogen) atoms. The van der Waals surface area contributed by atoms with Gasteiger partial charge >= 0.3 is 0 Å². The summed E-state index contributed by atoms with van der Waals surface area (Å²) in [4.78, 5) is 13.9. The van der Waals surface area contributed by atoms with Gasteiger partial charge in [0.2, 0.25) is 5.91 Å². The Balaban J connectivity index is 2.52. The molecule has 1 heterocycles. The first-order chi connectivity index (χ1) is 7.60. The van der Waals surface area contributed by atoms with Crippen molar-refractivity contribution in [3.63, 3.8) is 0 Å². The molecule has 1 aliphatic rings. The van der Waals surface area contributed by atoms with Crippen LogP contribution in [0.5, 0.6) is 0 Å². The van der Waals surface area contributed by atoms with E-state index in [4.69, 9.17) is 10.8 Å². The zero-order valence-electron chi connectivity index (χ0n) is 10.4. The van der Waals surface area contributed by atoms with Crippen LogP contribution in [0.3, 0.4) is 0 Å². The molecule has 0 aliphatic carbocycles. The number of rotatable bonds is 4. The van der Waals surface area contributed by atoms with E-state index in [0.29, 0.717) is 6.54 Å². The average molecular weight is 228 g/mol. The van der Waals surface area contributed by atoms with Crippen molar-refractivity contribution >= 4 is 5.91 Å². The van der Waals surface area contributed by atoms with E-state index in [-0.39, 0.29) is 30.4 Å². The first kappa shape index (κ1) is 13.5. The molecule has 0 bridgehead atoms. The van der Waals surface area contributed by atoms with E-state index in [1.807, 2.05) is 18.7 Å². The highest BCUT2D eigenvalue weighted by molar-refractivity contribution is 5.82. The van der Waals surface area contributed by atoms with Gasteiger partial charge < -0.3 is 15.7 Å². The Morgan fingerprint density at radius 2 is 2.31 bits per heavy atom. The van der Waals surface area contributed by atoms with E-state index in [0.717, 1.165) is 25.8 Å². The minimum Gasteiger partial charge on any atom is -0.396 e. The number of nitrogens with zero attached hydrogens (tertiary/aromatic N) is 1. The molecule has 0 saturated carbocycles. The molecule has 1 saturated heterocycles. The summed E-state index contributed by atoms with van der Waals surface area (Å²) in [7, 11) is 0. The lowest BCUT2D eigenvalue weighted by Gasteiger charge is -2.34.